The Balaban J connectivity index is 0.000000151. The zero-order valence-electron chi connectivity index (χ0n) is 8.41. The number of pyridine rings is 1. The topological polar surface area (TPSA) is 32.9 Å². The molecule has 1 aromatic heterocycles. The van der Waals surface area contributed by atoms with Crippen LogP contribution in [0.25, 0.3) is 0 Å². The third-order valence-corrected chi connectivity index (χ3v) is 2.00. The van der Waals surface area contributed by atoms with E-state index in [9.17, 15) is 4.79 Å². The fourth-order valence-corrected chi connectivity index (χ4v) is 1.07. The third-order valence-electron chi connectivity index (χ3n) is 1.75. The van der Waals surface area contributed by atoms with Gasteiger partial charge >= 0.3 is 0 Å². The number of hydrogen-bond acceptors (Lipinski definition) is 1. The minimum absolute atomic E-state index is 0.00694. The van der Waals surface area contributed by atoms with Crippen molar-refractivity contribution in [2.75, 3.05) is 0 Å². The van der Waals surface area contributed by atoms with Gasteiger partial charge in [0.05, 0.1) is 0 Å². The second kappa shape index (κ2) is 6.04. The first-order valence-corrected chi connectivity index (χ1v) is 4.93. The van der Waals surface area contributed by atoms with Gasteiger partial charge in [-0.05, 0) is 25.1 Å². The number of benzene rings is 1. The van der Waals surface area contributed by atoms with Gasteiger partial charge in [0.1, 0.15) is 0 Å². The second-order valence-corrected chi connectivity index (χ2v) is 3.41. The van der Waals surface area contributed by atoms with Crippen molar-refractivity contribution in [2.45, 2.75) is 6.92 Å². The maximum absolute atomic E-state index is 10.6. The molecule has 0 amide bonds. The molecule has 78 valence electrons. The highest BCUT2D eigenvalue weighted by Crippen LogP contribution is 2.03. The lowest BCUT2D eigenvalue weighted by Gasteiger charge is -1.83. The highest BCUT2D eigenvalue weighted by Gasteiger charge is 1.83. The largest absolute Gasteiger partial charge is 0.329 e. The Labute approximate surface area is 93.5 Å². The Morgan fingerprint density at radius 3 is 2.07 bits per heavy atom. The molecule has 0 atom stereocenters. The molecule has 0 aliphatic rings. The van der Waals surface area contributed by atoms with E-state index in [0.717, 1.165) is 10.6 Å². The Kier molecular flexibility index (Phi) is 4.64. The number of hydrogen-bond donors (Lipinski definition) is 1. The number of aromatic amines is 1. The molecule has 2 rings (SSSR count). The Bertz CT molecular complexity index is 450. The summed E-state index contributed by atoms with van der Waals surface area (Å²) < 4.78 is 0. The highest BCUT2D eigenvalue weighted by molar-refractivity contribution is 6.30. The molecule has 0 fully saturated rings. The number of rotatable bonds is 0. The van der Waals surface area contributed by atoms with Gasteiger partial charge in [-0.3, -0.25) is 4.79 Å². The summed E-state index contributed by atoms with van der Waals surface area (Å²) in [5, 5.41) is 0.794. The van der Waals surface area contributed by atoms with Crippen LogP contribution in [0, 0.1) is 6.92 Å². The van der Waals surface area contributed by atoms with E-state index in [1.54, 1.807) is 25.3 Å². The molecule has 0 spiro atoms. The van der Waals surface area contributed by atoms with Crippen LogP contribution < -0.4 is 5.56 Å². The van der Waals surface area contributed by atoms with Gasteiger partial charge in [-0.1, -0.05) is 35.9 Å². The SMILES string of the molecule is Cc1ccc[nH]c1=O.Clc1ccccc1. The number of halogens is 1. The predicted octanol–water partition coefficient (Wildman–Crippen LogP) is 3.02. The van der Waals surface area contributed by atoms with Gasteiger partial charge in [0.2, 0.25) is 0 Å². The lowest BCUT2D eigenvalue weighted by atomic mass is 10.3. The first-order valence-electron chi connectivity index (χ1n) is 4.55. The molecular weight excluding hydrogens is 210 g/mol. The van der Waals surface area contributed by atoms with E-state index >= 15 is 0 Å². The average Bonchev–Trinajstić information content (AvgIpc) is 2.25. The van der Waals surface area contributed by atoms with Crippen LogP contribution in [0.4, 0.5) is 0 Å². The summed E-state index contributed by atoms with van der Waals surface area (Å²) in [6.45, 7) is 1.78. The number of aryl methyl sites for hydroxylation is 1. The van der Waals surface area contributed by atoms with Crippen molar-refractivity contribution >= 4 is 11.6 Å². The molecule has 1 aromatic carbocycles. The van der Waals surface area contributed by atoms with Crippen LogP contribution in [-0.4, -0.2) is 4.98 Å². The smallest absolute Gasteiger partial charge is 0.250 e. The van der Waals surface area contributed by atoms with E-state index in [1.807, 2.05) is 30.3 Å². The van der Waals surface area contributed by atoms with Crippen LogP contribution >= 0.6 is 11.6 Å². The summed E-state index contributed by atoms with van der Waals surface area (Å²) in [7, 11) is 0. The molecule has 15 heavy (non-hydrogen) atoms. The Morgan fingerprint density at radius 2 is 1.73 bits per heavy atom. The fraction of sp³-hybridized carbons (Fsp3) is 0.0833. The fourth-order valence-electron chi connectivity index (χ4n) is 0.920. The molecule has 0 radical (unpaired) electrons. The van der Waals surface area contributed by atoms with E-state index in [0.29, 0.717) is 0 Å². The monoisotopic (exact) mass is 221 g/mol. The molecule has 0 saturated carbocycles. The normalized spacial score (nSPS) is 8.93. The molecule has 3 heteroatoms. The van der Waals surface area contributed by atoms with Crippen molar-refractivity contribution in [3.05, 3.63) is 69.6 Å². The van der Waals surface area contributed by atoms with Gasteiger partial charge in [0, 0.05) is 16.8 Å². The minimum atomic E-state index is -0.00694. The van der Waals surface area contributed by atoms with Crippen LogP contribution in [0.2, 0.25) is 5.02 Å². The average molecular weight is 222 g/mol. The summed E-state index contributed by atoms with van der Waals surface area (Å²) in [5.74, 6) is 0. The van der Waals surface area contributed by atoms with Gasteiger partial charge in [-0.15, -0.1) is 0 Å². The van der Waals surface area contributed by atoms with E-state index in [1.165, 1.54) is 0 Å². The molecular formula is C12H12ClNO. The van der Waals surface area contributed by atoms with E-state index in [-0.39, 0.29) is 5.56 Å². The Morgan fingerprint density at radius 1 is 1.07 bits per heavy atom. The Hall–Kier alpha value is -1.54. The first-order chi connectivity index (χ1) is 7.20. The van der Waals surface area contributed by atoms with Crippen LogP contribution in [0.15, 0.2) is 53.5 Å². The van der Waals surface area contributed by atoms with Gasteiger partial charge in [-0.25, -0.2) is 0 Å². The number of nitrogens with one attached hydrogen (secondary N) is 1. The quantitative estimate of drug-likeness (QED) is 0.729. The first kappa shape index (κ1) is 11.5. The van der Waals surface area contributed by atoms with Crippen molar-refractivity contribution in [1.29, 1.82) is 0 Å². The van der Waals surface area contributed by atoms with Gasteiger partial charge in [0.15, 0.2) is 0 Å². The maximum atomic E-state index is 10.6. The summed E-state index contributed by atoms with van der Waals surface area (Å²) >= 11 is 5.54. The van der Waals surface area contributed by atoms with E-state index in [2.05, 4.69) is 4.98 Å². The maximum Gasteiger partial charge on any atom is 0.250 e. The van der Waals surface area contributed by atoms with Crippen LogP contribution in [0.1, 0.15) is 5.56 Å². The van der Waals surface area contributed by atoms with Crippen molar-refractivity contribution in [3.8, 4) is 0 Å². The highest BCUT2D eigenvalue weighted by atomic mass is 35.5. The minimum Gasteiger partial charge on any atom is -0.329 e. The summed E-state index contributed by atoms with van der Waals surface area (Å²) in [6, 6.07) is 13.0. The summed E-state index contributed by atoms with van der Waals surface area (Å²) in [6.07, 6.45) is 1.62. The van der Waals surface area contributed by atoms with Crippen molar-refractivity contribution in [3.63, 3.8) is 0 Å². The molecule has 2 nitrogen and oxygen atoms in total. The molecule has 2 aromatic rings. The second-order valence-electron chi connectivity index (χ2n) is 2.98. The molecule has 0 aliphatic carbocycles. The summed E-state index contributed by atoms with van der Waals surface area (Å²) in [5.41, 5.74) is 0.750. The third kappa shape index (κ3) is 4.47. The van der Waals surface area contributed by atoms with Crippen molar-refractivity contribution < 1.29 is 0 Å². The zero-order valence-corrected chi connectivity index (χ0v) is 9.16. The lowest BCUT2D eigenvalue weighted by molar-refractivity contribution is 1.18. The van der Waals surface area contributed by atoms with Gasteiger partial charge in [0.25, 0.3) is 5.56 Å². The summed E-state index contributed by atoms with van der Waals surface area (Å²) in [4.78, 5) is 13.1. The standard InChI is InChI=1S/C6H5Cl.C6H7NO/c7-6-4-2-1-3-5-6;1-5-3-2-4-7-6(5)8/h1-5H;2-4H,1H3,(H,7,8). The lowest BCUT2D eigenvalue weighted by Crippen LogP contribution is -2.06. The molecule has 1 heterocycles. The number of H-pyrrole nitrogens is 1. The van der Waals surface area contributed by atoms with Gasteiger partial charge in [-0.2, -0.15) is 0 Å². The van der Waals surface area contributed by atoms with Crippen LogP contribution in [0.3, 0.4) is 0 Å². The van der Waals surface area contributed by atoms with Crippen molar-refractivity contribution in [1.82, 2.24) is 4.98 Å². The van der Waals surface area contributed by atoms with Crippen LogP contribution in [0.5, 0.6) is 0 Å². The molecule has 0 aliphatic heterocycles. The predicted molar refractivity (Wildman–Crippen MR) is 63.3 cm³/mol. The molecule has 1 N–H and O–H groups in total. The molecule has 0 bridgehead atoms. The van der Waals surface area contributed by atoms with Crippen LogP contribution in [-0.2, 0) is 0 Å². The van der Waals surface area contributed by atoms with Gasteiger partial charge < -0.3 is 4.98 Å². The van der Waals surface area contributed by atoms with E-state index < -0.39 is 0 Å². The van der Waals surface area contributed by atoms with Crippen molar-refractivity contribution in [2.24, 2.45) is 0 Å². The molecule has 0 unspecified atom stereocenters. The number of aromatic nitrogens is 1. The molecule has 0 saturated heterocycles. The zero-order chi connectivity index (χ0) is 11.1. The van der Waals surface area contributed by atoms with E-state index in [4.69, 9.17) is 11.6 Å².